The van der Waals surface area contributed by atoms with Crippen molar-refractivity contribution in [3.05, 3.63) is 18.2 Å². The van der Waals surface area contributed by atoms with Gasteiger partial charge in [0.1, 0.15) is 0 Å². The number of nitrogens with zero attached hydrogens (tertiary/aromatic N) is 4. The minimum absolute atomic E-state index is 0.344. The second-order valence-electron chi connectivity index (χ2n) is 6.29. The van der Waals surface area contributed by atoms with Gasteiger partial charge in [-0.1, -0.05) is 0 Å². The quantitative estimate of drug-likeness (QED) is 0.790. The molecule has 6 heteroatoms. The molecule has 1 amide bonds. The third-order valence-electron chi connectivity index (χ3n) is 4.75. The van der Waals surface area contributed by atoms with E-state index in [1.54, 1.807) is 7.11 Å². The van der Waals surface area contributed by atoms with Crippen molar-refractivity contribution in [1.29, 1.82) is 0 Å². The predicted octanol–water partition coefficient (Wildman–Crippen LogP) is 1.12. The third-order valence-corrected chi connectivity index (χ3v) is 4.75. The highest BCUT2D eigenvalue weighted by atomic mass is 16.5. The van der Waals surface area contributed by atoms with Crippen LogP contribution in [0, 0.1) is 0 Å². The van der Waals surface area contributed by atoms with E-state index in [9.17, 15) is 4.79 Å². The Morgan fingerprint density at radius 3 is 3.05 bits per heavy atom. The molecule has 2 aliphatic rings. The van der Waals surface area contributed by atoms with Gasteiger partial charge in [-0.05, 0) is 25.8 Å². The van der Waals surface area contributed by atoms with E-state index in [2.05, 4.69) is 19.4 Å². The van der Waals surface area contributed by atoms with Gasteiger partial charge in [0, 0.05) is 51.9 Å². The van der Waals surface area contributed by atoms with Crippen molar-refractivity contribution in [1.82, 2.24) is 19.4 Å². The minimum atomic E-state index is 0.344. The van der Waals surface area contributed by atoms with Crippen LogP contribution in [0.15, 0.2) is 12.5 Å². The van der Waals surface area contributed by atoms with Crippen molar-refractivity contribution in [2.75, 3.05) is 33.4 Å². The molecule has 3 heterocycles. The number of aromatic nitrogens is 2. The molecule has 22 heavy (non-hydrogen) atoms. The number of likely N-dealkylation sites (tertiary alicyclic amines) is 2. The summed E-state index contributed by atoms with van der Waals surface area (Å²) in [7, 11) is 1.72. The van der Waals surface area contributed by atoms with Gasteiger partial charge >= 0.3 is 0 Å². The van der Waals surface area contributed by atoms with Gasteiger partial charge in [0.25, 0.3) is 0 Å². The van der Waals surface area contributed by atoms with Crippen LogP contribution in [0.2, 0.25) is 0 Å². The lowest BCUT2D eigenvalue weighted by molar-refractivity contribution is -0.130. The van der Waals surface area contributed by atoms with Crippen LogP contribution >= 0.6 is 0 Å². The number of piperidine rings is 1. The van der Waals surface area contributed by atoms with E-state index >= 15 is 0 Å². The Hall–Kier alpha value is -1.40. The maximum atomic E-state index is 11.9. The number of ether oxygens (including phenoxy) is 1. The highest BCUT2D eigenvalue weighted by molar-refractivity contribution is 5.78. The second kappa shape index (κ2) is 7.24. The van der Waals surface area contributed by atoms with Crippen LogP contribution in [0.1, 0.15) is 31.4 Å². The van der Waals surface area contributed by atoms with Crippen LogP contribution in [-0.4, -0.2) is 64.7 Å². The van der Waals surface area contributed by atoms with E-state index in [1.807, 2.05) is 12.5 Å². The molecular weight excluding hydrogens is 280 g/mol. The summed E-state index contributed by atoms with van der Waals surface area (Å²) in [4.78, 5) is 20.8. The molecule has 1 aromatic heterocycles. The number of imidazole rings is 1. The van der Waals surface area contributed by atoms with E-state index in [0.717, 1.165) is 52.0 Å². The first-order chi connectivity index (χ1) is 10.8. The molecule has 0 aliphatic carbocycles. The third kappa shape index (κ3) is 3.50. The number of carbonyl (C=O) groups excluding carboxylic acids is 1. The fourth-order valence-electron chi connectivity index (χ4n) is 3.58. The number of hydrogen-bond donors (Lipinski definition) is 0. The second-order valence-corrected chi connectivity index (χ2v) is 6.29. The molecule has 2 aliphatic heterocycles. The smallest absolute Gasteiger partial charge is 0.222 e. The average molecular weight is 306 g/mol. The topological polar surface area (TPSA) is 50.6 Å². The molecule has 0 radical (unpaired) electrons. The standard InChI is InChI=1S/C16H26N4O2/c1-22-9-8-19-13-17-10-15(19)12-18-6-2-4-14(11-18)20-7-3-5-16(20)21/h10,13-14H,2-9,11-12H2,1H3/t14-/m1/s1. The largest absolute Gasteiger partial charge is 0.383 e. The lowest BCUT2D eigenvalue weighted by Crippen LogP contribution is -2.48. The van der Waals surface area contributed by atoms with Crippen LogP contribution in [0.4, 0.5) is 0 Å². The fourth-order valence-corrected chi connectivity index (χ4v) is 3.58. The normalized spacial score (nSPS) is 23.4. The molecule has 0 spiro atoms. The molecule has 122 valence electrons. The van der Waals surface area contributed by atoms with Crippen molar-refractivity contribution in [2.45, 2.75) is 44.8 Å². The van der Waals surface area contributed by atoms with Gasteiger partial charge in [-0.15, -0.1) is 0 Å². The fraction of sp³-hybridized carbons (Fsp3) is 0.750. The summed E-state index contributed by atoms with van der Waals surface area (Å²) in [6, 6.07) is 0.402. The van der Waals surface area contributed by atoms with Crippen LogP contribution in [0.3, 0.4) is 0 Å². The van der Waals surface area contributed by atoms with E-state index < -0.39 is 0 Å². The highest BCUT2D eigenvalue weighted by Crippen LogP contribution is 2.22. The molecule has 0 saturated carbocycles. The van der Waals surface area contributed by atoms with Gasteiger partial charge < -0.3 is 14.2 Å². The Labute approximate surface area is 132 Å². The maximum Gasteiger partial charge on any atom is 0.222 e. The van der Waals surface area contributed by atoms with Gasteiger partial charge in [0.2, 0.25) is 5.91 Å². The Balaban J connectivity index is 1.58. The van der Waals surface area contributed by atoms with Crippen molar-refractivity contribution in [3.8, 4) is 0 Å². The first kappa shape index (κ1) is 15.5. The molecule has 1 atom stereocenters. The van der Waals surface area contributed by atoms with E-state index in [4.69, 9.17) is 4.74 Å². The van der Waals surface area contributed by atoms with Gasteiger partial charge in [-0.3, -0.25) is 9.69 Å². The Morgan fingerprint density at radius 1 is 1.36 bits per heavy atom. The Morgan fingerprint density at radius 2 is 2.27 bits per heavy atom. The van der Waals surface area contributed by atoms with E-state index in [-0.39, 0.29) is 0 Å². The van der Waals surface area contributed by atoms with E-state index in [1.165, 1.54) is 12.1 Å². The van der Waals surface area contributed by atoms with Gasteiger partial charge in [-0.2, -0.15) is 0 Å². The first-order valence-corrected chi connectivity index (χ1v) is 8.27. The summed E-state index contributed by atoms with van der Waals surface area (Å²) < 4.78 is 7.31. The molecular formula is C16H26N4O2. The minimum Gasteiger partial charge on any atom is -0.383 e. The summed E-state index contributed by atoms with van der Waals surface area (Å²) in [6.07, 6.45) is 7.89. The molecule has 0 bridgehead atoms. The van der Waals surface area contributed by atoms with Gasteiger partial charge in [-0.25, -0.2) is 4.98 Å². The van der Waals surface area contributed by atoms with Crippen LogP contribution in [-0.2, 0) is 22.6 Å². The van der Waals surface area contributed by atoms with Crippen LogP contribution in [0.25, 0.3) is 0 Å². The maximum absolute atomic E-state index is 11.9. The number of rotatable bonds is 6. The summed E-state index contributed by atoms with van der Waals surface area (Å²) >= 11 is 0. The number of carbonyl (C=O) groups is 1. The SMILES string of the molecule is COCCn1cncc1CN1CCC[C@@H](N2CCCC2=O)C1. The molecule has 0 unspecified atom stereocenters. The van der Waals surface area contributed by atoms with Crippen molar-refractivity contribution in [2.24, 2.45) is 0 Å². The average Bonchev–Trinajstić information content (AvgIpc) is 3.14. The zero-order valence-corrected chi connectivity index (χ0v) is 13.4. The number of methoxy groups -OCH3 is 1. The Bertz CT molecular complexity index is 502. The van der Waals surface area contributed by atoms with E-state index in [0.29, 0.717) is 18.6 Å². The Kier molecular flexibility index (Phi) is 5.10. The monoisotopic (exact) mass is 306 g/mol. The molecule has 1 aromatic rings. The zero-order chi connectivity index (χ0) is 15.4. The van der Waals surface area contributed by atoms with Crippen molar-refractivity contribution >= 4 is 5.91 Å². The van der Waals surface area contributed by atoms with Gasteiger partial charge in [0.05, 0.1) is 18.6 Å². The van der Waals surface area contributed by atoms with Gasteiger partial charge in [0.15, 0.2) is 0 Å². The van der Waals surface area contributed by atoms with Crippen molar-refractivity contribution < 1.29 is 9.53 Å². The molecule has 6 nitrogen and oxygen atoms in total. The van der Waals surface area contributed by atoms with Crippen molar-refractivity contribution in [3.63, 3.8) is 0 Å². The summed E-state index contributed by atoms with van der Waals surface area (Å²) in [6.45, 7) is 5.49. The lowest BCUT2D eigenvalue weighted by atomic mass is 10.0. The highest BCUT2D eigenvalue weighted by Gasteiger charge is 2.31. The predicted molar refractivity (Wildman–Crippen MR) is 83.3 cm³/mol. The number of hydrogen-bond acceptors (Lipinski definition) is 4. The van der Waals surface area contributed by atoms with Crippen LogP contribution in [0.5, 0.6) is 0 Å². The summed E-state index contributed by atoms with van der Waals surface area (Å²) in [5, 5.41) is 0. The summed E-state index contributed by atoms with van der Waals surface area (Å²) in [5.41, 5.74) is 1.23. The molecule has 2 fully saturated rings. The lowest BCUT2D eigenvalue weighted by Gasteiger charge is -2.37. The molecule has 0 N–H and O–H groups in total. The van der Waals surface area contributed by atoms with Crippen LogP contribution < -0.4 is 0 Å². The molecule has 3 rings (SSSR count). The zero-order valence-electron chi connectivity index (χ0n) is 13.4. The molecule has 0 aromatic carbocycles. The molecule has 2 saturated heterocycles. The first-order valence-electron chi connectivity index (χ1n) is 8.27. The number of amides is 1. The summed E-state index contributed by atoms with van der Waals surface area (Å²) in [5.74, 6) is 0.344.